The lowest BCUT2D eigenvalue weighted by atomic mass is 9.93. The van der Waals surface area contributed by atoms with Crippen molar-refractivity contribution in [2.75, 3.05) is 0 Å². The Morgan fingerprint density at radius 2 is 0.640 bits per heavy atom. The second kappa shape index (κ2) is 15.4. The Morgan fingerprint density at radius 3 is 0.940 bits per heavy atom. The highest BCUT2D eigenvalue weighted by atomic mass is 31.1. The van der Waals surface area contributed by atoms with Crippen LogP contribution in [0.3, 0.4) is 0 Å². The van der Waals surface area contributed by atoms with E-state index >= 15 is 0 Å². The molecule has 0 heterocycles. The van der Waals surface area contributed by atoms with Crippen molar-refractivity contribution in [2.24, 2.45) is 0 Å². The lowest BCUT2D eigenvalue weighted by molar-refractivity contribution is -0.134. The van der Waals surface area contributed by atoms with Gasteiger partial charge in [0.15, 0.2) is 0 Å². The zero-order valence-corrected chi connectivity index (χ0v) is 29.5. The third-order valence-corrected chi connectivity index (χ3v) is 13.6. The molecule has 0 atom stereocenters. The highest BCUT2D eigenvalue weighted by Gasteiger charge is 2.27. The summed E-state index contributed by atoms with van der Waals surface area (Å²) in [6.07, 6.45) is 0. The Morgan fingerprint density at radius 1 is 0.380 bits per heavy atom. The molecule has 0 spiro atoms. The van der Waals surface area contributed by atoms with Gasteiger partial charge in [-0.25, -0.2) is 0 Å². The molecule has 8 rings (SSSR count). The fraction of sp³-hybridized carbons (Fsp3) is 0.0217. The molecular formula is C46H36O2P2. The molecule has 8 aromatic carbocycles. The van der Waals surface area contributed by atoms with E-state index in [0.717, 1.165) is 6.92 Å². The minimum absolute atomic E-state index is 0.833. The summed E-state index contributed by atoms with van der Waals surface area (Å²) in [5, 5.41) is 20.7. The summed E-state index contributed by atoms with van der Waals surface area (Å²) in [7, 11) is -1.70. The lowest BCUT2D eigenvalue weighted by Gasteiger charge is -2.28. The van der Waals surface area contributed by atoms with Gasteiger partial charge in [-0.1, -0.05) is 194 Å². The Labute approximate surface area is 296 Å². The van der Waals surface area contributed by atoms with Gasteiger partial charge in [0.2, 0.25) is 0 Å². The SMILES string of the molecule is CC(=O)O.c1ccc(P(c2ccccc2)c2ccc3ccccc3c2-c2c(P(c3ccccc3)c3ccccc3)ccc3ccccc23)cc1. The second-order valence-electron chi connectivity index (χ2n) is 11.9. The molecule has 0 aliphatic carbocycles. The number of aliphatic carboxylic acids is 1. The maximum atomic E-state index is 9.00. The van der Waals surface area contributed by atoms with Crippen LogP contribution >= 0.6 is 15.8 Å². The Hall–Kier alpha value is -5.39. The van der Waals surface area contributed by atoms with E-state index in [1.807, 2.05) is 0 Å². The van der Waals surface area contributed by atoms with E-state index in [-0.39, 0.29) is 0 Å². The molecule has 0 unspecified atom stereocenters. The van der Waals surface area contributed by atoms with Crippen LogP contribution in [-0.4, -0.2) is 11.1 Å². The van der Waals surface area contributed by atoms with Gasteiger partial charge in [-0.05, 0) is 80.3 Å². The van der Waals surface area contributed by atoms with Crippen molar-refractivity contribution in [3.63, 3.8) is 0 Å². The number of hydrogen-bond donors (Lipinski definition) is 1. The Balaban J connectivity index is 0.000000932. The summed E-state index contributed by atoms with van der Waals surface area (Å²) >= 11 is 0. The van der Waals surface area contributed by atoms with E-state index in [9.17, 15) is 0 Å². The maximum absolute atomic E-state index is 9.00. The van der Waals surface area contributed by atoms with Crippen molar-refractivity contribution in [2.45, 2.75) is 6.92 Å². The van der Waals surface area contributed by atoms with Crippen molar-refractivity contribution in [1.29, 1.82) is 0 Å². The molecule has 0 aliphatic rings. The molecule has 1 N–H and O–H groups in total. The van der Waals surface area contributed by atoms with Crippen molar-refractivity contribution < 1.29 is 9.90 Å². The zero-order chi connectivity index (χ0) is 34.3. The smallest absolute Gasteiger partial charge is 0.300 e. The van der Waals surface area contributed by atoms with Crippen molar-refractivity contribution >= 4 is 75.2 Å². The van der Waals surface area contributed by atoms with E-state index in [2.05, 4.69) is 194 Å². The molecule has 0 radical (unpaired) electrons. The van der Waals surface area contributed by atoms with E-state index in [1.54, 1.807) is 0 Å². The molecule has 50 heavy (non-hydrogen) atoms. The molecule has 8 aromatic rings. The summed E-state index contributed by atoms with van der Waals surface area (Å²) in [4.78, 5) is 9.00. The standard InChI is InChI=1S/C44H32P2.C2H4O2/c1-5-19-35(20-6-1)45(36-21-7-2-8-22-36)41-31-29-33-17-13-15-27-39(33)43(41)44-40-28-16-14-18-34(40)30-32-42(44)46(37-23-9-3-10-24-37)38-25-11-4-12-26-38;1-2(3)4/h1-32H;1H3,(H,3,4). The molecule has 0 saturated carbocycles. The third-order valence-electron chi connectivity index (χ3n) is 8.60. The summed E-state index contributed by atoms with van der Waals surface area (Å²) in [6.45, 7) is 1.08. The van der Waals surface area contributed by atoms with Crippen LogP contribution < -0.4 is 31.8 Å². The van der Waals surface area contributed by atoms with Crippen LogP contribution in [0, 0.1) is 0 Å². The molecule has 242 valence electrons. The molecule has 0 aromatic heterocycles. The first kappa shape index (κ1) is 33.1. The van der Waals surface area contributed by atoms with Gasteiger partial charge >= 0.3 is 0 Å². The van der Waals surface area contributed by atoms with Gasteiger partial charge in [0.1, 0.15) is 0 Å². The lowest BCUT2D eigenvalue weighted by Crippen LogP contribution is -2.26. The summed E-state index contributed by atoms with van der Waals surface area (Å²) in [6, 6.07) is 71.8. The number of carboxylic acids is 1. The second-order valence-corrected chi connectivity index (χ2v) is 16.3. The summed E-state index contributed by atoms with van der Waals surface area (Å²) < 4.78 is 0. The molecule has 0 fully saturated rings. The molecule has 0 amide bonds. The molecular weight excluding hydrogens is 646 g/mol. The van der Waals surface area contributed by atoms with Crippen molar-refractivity contribution in [3.8, 4) is 11.1 Å². The van der Waals surface area contributed by atoms with Crippen LogP contribution in [0.2, 0.25) is 0 Å². The van der Waals surface area contributed by atoms with E-state index in [4.69, 9.17) is 9.90 Å². The number of fused-ring (bicyclic) bond motifs is 2. The largest absolute Gasteiger partial charge is 0.481 e. The Bertz CT molecular complexity index is 2110. The fourth-order valence-electron chi connectivity index (χ4n) is 6.58. The van der Waals surface area contributed by atoms with Gasteiger partial charge in [-0.3, -0.25) is 4.79 Å². The molecule has 0 aliphatic heterocycles. The molecule has 4 heteroatoms. The maximum Gasteiger partial charge on any atom is 0.300 e. The summed E-state index contributed by atoms with van der Waals surface area (Å²) in [5.74, 6) is -0.833. The average Bonchev–Trinajstić information content (AvgIpc) is 3.16. The molecule has 0 bridgehead atoms. The van der Waals surface area contributed by atoms with Crippen LogP contribution in [0.15, 0.2) is 194 Å². The van der Waals surface area contributed by atoms with Gasteiger partial charge in [-0.15, -0.1) is 0 Å². The molecule has 0 saturated heterocycles. The Kier molecular flexibility index (Phi) is 10.2. The predicted octanol–water partition coefficient (Wildman–Crippen LogP) is 9.27. The van der Waals surface area contributed by atoms with Gasteiger partial charge in [0.25, 0.3) is 5.97 Å². The highest BCUT2D eigenvalue weighted by Crippen LogP contribution is 2.45. The van der Waals surface area contributed by atoms with Crippen LogP contribution in [0.25, 0.3) is 32.7 Å². The zero-order valence-electron chi connectivity index (χ0n) is 27.7. The molecule has 2 nitrogen and oxygen atoms in total. The summed E-state index contributed by atoms with van der Waals surface area (Å²) in [5.41, 5.74) is 2.70. The number of rotatable bonds is 7. The van der Waals surface area contributed by atoms with Gasteiger partial charge < -0.3 is 5.11 Å². The van der Waals surface area contributed by atoms with Crippen molar-refractivity contribution in [1.82, 2.24) is 0 Å². The van der Waals surface area contributed by atoms with Gasteiger partial charge in [0, 0.05) is 6.92 Å². The monoisotopic (exact) mass is 682 g/mol. The average molecular weight is 683 g/mol. The van der Waals surface area contributed by atoms with Crippen LogP contribution in [0.1, 0.15) is 6.92 Å². The number of benzene rings is 8. The number of carbonyl (C=O) groups is 1. The van der Waals surface area contributed by atoms with E-state index in [0.29, 0.717) is 0 Å². The van der Waals surface area contributed by atoms with Crippen LogP contribution in [-0.2, 0) is 4.79 Å². The predicted molar refractivity (Wildman–Crippen MR) is 218 cm³/mol. The van der Waals surface area contributed by atoms with Crippen LogP contribution in [0.5, 0.6) is 0 Å². The first-order valence-corrected chi connectivity index (χ1v) is 19.3. The minimum atomic E-state index is -0.852. The van der Waals surface area contributed by atoms with Crippen LogP contribution in [0.4, 0.5) is 0 Å². The first-order valence-electron chi connectivity index (χ1n) is 16.6. The first-order chi connectivity index (χ1) is 24.6. The number of hydrogen-bond acceptors (Lipinski definition) is 1. The quantitative estimate of drug-likeness (QED) is 0.170. The normalized spacial score (nSPS) is 11.0. The third kappa shape index (κ3) is 7.01. The fourth-order valence-corrected chi connectivity index (χ4v) is 11.5. The van der Waals surface area contributed by atoms with Gasteiger partial charge in [-0.2, -0.15) is 0 Å². The van der Waals surface area contributed by atoms with Crippen molar-refractivity contribution in [3.05, 3.63) is 194 Å². The topological polar surface area (TPSA) is 37.3 Å². The van der Waals surface area contributed by atoms with E-state index < -0.39 is 21.8 Å². The van der Waals surface area contributed by atoms with Gasteiger partial charge in [0.05, 0.1) is 0 Å². The number of carboxylic acid groups (broad SMARTS) is 1. The highest BCUT2D eigenvalue weighted by molar-refractivity contribution is 7.80. The van der Waals surface area contributed by atoms with E-state index in [1.165, 1.54) is 64.5 Å². The minimum Gasteiger partial charge on any atom is -0.481 e.